The van der Waals surface area contributed by atoms with Gasteiger partial charge >= 0.3 is 0 Å². The van der Waals surface area contributed by atoms with Gasteiger partial charge in [-0.3, -0.25) is 4.79 Å². The summed E-state index contributed by atoms with van der Waals surface area (Å²) in [5, 5.41) is 5.29. The summed E-state index contributed by atoms with van der Waals surface area (Å²) < 4.78 is 12.0. The van der Waals surface area contributed by atoms with Crippen molar-refractivity contribution in [1.82, 2.24) is 5.32 Å². The summed E-state index contributed by atoms with van der Waals surface area (Å²) >= 11 is 11.1. The number of thiophene rings is 1. The quantitative estimate of drug-likeness (QED) is 0.760. The average Bonchev–Trinajstić information content (AvgIpc) is 2.96. The molecule has 0 saturated heterocycles. The van der Waals surface area contributed by atoms with Gasteiger partial charge < -0.3 is 14.8 Å². The molecule has 0 atom stereocenters. The minimum Gasteiger partial charge on any atom is -0.486 e. The van der Waals surface area contributed by atoms with Crippen molar-refractivity contribution in [1.29, 1.82) is 0 Å². The van der Waals surface area contributed by atoms with Crippen LogP contribution in [0.3, 0.4) is 0 Å². The van der Waals surface area contributed by atoms with E-state index in [2.05, 4.69) is 21.2 Å². The Bertz CT molecular complexity index is 760. The largest absolute Gasteiger partial charge is 0.486 e. The number of fused-ring (bicyclic) bond motifs is 1. The lowest BCUT2D eigenvalue weighted by Crippen LogP contribution is -2.19. The predicted octanol–water partition coefficient (Wildman–Crippen LogP) is 4.26. The fraction of sp³-hybridized carbons (Fsp3) is 0.188. The first-order chi connectivity index (χ1) is 11.1. The van der Waals surface area contributed by atoms with Crippen LogP contribution in [0.2, 0.25) is 5.02 Å². The first-order valence-corrected chi connectivity index (χ1v) is 8.95. The molecule has 1 N–H and O–H groups in total. The van der Waals surface area contributed by atoms with Crippen molar-refractivity contribution >= 4 is 50.9 Å². The summed E-state index contributed by atoms with van der Waals surface area (Å²) in [6.07, 6.45) is 3.17. The van der Waals surface area contributed by atoms with Crippen molar-refractivity contribution in [2.24, 2.45) is 0 Å². The second-order valence-electron chi connectivity index (χ2n) is 4.81. The van der Waals surface area contributed by atoms with Crippen LogP contribution in [0.15, 0.2) is 34.1 Å². The molecular formula is C16H13BrClNO3S. The molecule has 1 amide bonds. The highest BCUT2D eigenvalue weighted by atomic mass is 79.9. The smallest absolute Gasteiger partial charge is 0.244 e. The maximum atomic E-state index is 11.9. The Kier molecular flexibility index (Phi) is 5.25. The predicted molar refractivity (Wildman–Crippen MR) is 95.3 cm³/mol. The van der Waals surface area contributed by atoms with Gasteiger partial charge in [-0.25, -0.2) is 0 Å². The Labute approximate surface area is 151 Å². The van der Waals surface area contributed by atoms with E-state index < -0.39 is 0 Å². The second kappa shape index (κ2) is 7.38. The van der Waals surface area contributed by atoms with Crippen molar-refractivity contribution in [2.45, 2.75) is 6.54 Å². The molecule has 1 aromatic carbocycles. The Hall–Kier alpha value is -1.50. The lowest BCUT2D eigenvalue weighted by Gasteiger charge is -2.19. The third kappa shape index (κ3) is 4.28. The monoisotopic (exact) mass is 413 g/mol. The van der Waals surface area contributed by atoms with E-state index in [0.29, 0.717) is 36.3 Å². The zero-order valence-electron chi connectivity index (χ0n) is 12.0. The van der Waals surface area contributed by atoms with Gasteiger partial charge in [0.05, 0.1) is 11.6 Å². The van der Waals surface area contributed by atoms with Crippen LogP contribution < -0.4 is 14.8 Å². The van der Waals surface area contributed by atoms with E-state index in [-0.39, 0.29) is 5.91 Å². The van der Waals surface area contributed by atoms with Crippen molar-refractivity contribution < 1.29 is 14.3 Å². The fourth-order valence-electron chi connectivity index (χ4n) is 2.08. The van der Waals surface area contributed by atoms with E-state index in [4.69, 9.17) is 21.1 Å². The number of carbonyl (C=O) groups is 1. The molecule has 1 aliphatic heterocycles. The van der Waals surface area contributed by atoms with Crippen molar-refractivity contribution in [2.75, 3.05) is 13.2 Å². The van der Waals surface area contributed by atoms with Gasteiger partial charge in [0, 0.05) is 20.8 Å². The number of halogens is 2. The maximum absolute atomic E-state index is 11.9. The average molecular weight is 415 g/mol. The normalized spacial score (nSPS) is 13.3. The Morgan fingerprint density at radius 1 is 1.35 bits per heavy atom. The standard InChI is InChI=1S/C16H13BrClNO3S/c17-11-7-12(23-9-11)8-19-15(20)2-1-10-5-13(18)16-14(6-10)21-3-4-22-16/h1-2,5-7,9H,3-4,8H2,(H,19,20)/b2-1+. The van der Waals surface area contributed by atoms with Crippen LogP contribution in [0, 0.1) is 0 Å². The molecule has 0 unspecified atom stereocenters. The van der Waals surface area contributed by atoms with E-state index in [1.165, 1.54) is 6.08 Å². The van der Waals surface area contributed by atoms with Gasteiger partial charge in [-0.15, -0.1) is 11.3 Å². The first-order valence-electron chi connectivity index (χ1n) is 6.90. The molecule has 2 aromatic rings. The molecule has 2 heterocycles. The van der Waals surface area contributed by atoms with E-state index in [0.717, 1.165) is 14.9 Å². The molecule has 0 bridgehead atoms. The van der Waals surface area contributed by atoms with Gasteiger partial charge in [-0.1, -0.05) is 11.6 Å². The van der Waals surface area contributed by atoms with Crippen LogP contribution in [0.1, 0.15) is 10.4 Å². The number of nitrogens with one attached hydrogen (secondary N) is 1. The van der Waals surface area contributed by atoms with E-state index in [9.17, 15) is 4.79 Å². The van der Waals surface area contributed by atoms with E-state index in [1.807, 2.05) is 11.4 Å². The van der Waals surface area contributed by atoms with E-state index in [1.54, 1.807) is 29.5 Å². The van der Waals surface area contributed by atoms with Crippen LogP contribution >= 0.6 is 38.9 Å². The van der Waals surface area contributed by atoms with Gasteiger partial charge in [0.15, 0.2) is 11.5 Å². The zero-order valence-corrected chi connectivity index (χ0v) is 15.1. The molecule has 7 heteroatoms. The Morgan fingerprint density at radius 3 is 2.96 bits per heavy atom. The SMILES string of the molecule is O=C(/C=C/c1cc(Cl)c2c(c1)OCCO2)NCc1cc(Br)cs1. The van der Waals surface area contributed by atoms with Gasteiger partial charge in [-0.2, -0.15) is 0 Å². The number of amides is 1. The fourth-order valence-corrected chi connectivity index (χ4v) is 3.74. The highest BCUT2D eigenvalue weighted by molar-refractivity contribution is 9.10. The highest BCUT2D eigenvalue weighted by Crippen LogP contribution is 2.38. The summed E-state index contributed by atoms with van der Waals surface area (Å²) in [6, 6.07) is 5.53. The third-order valence-corrected chi connectivity index (χ3v) is 5.08. The maximum Gasteiger partial charge on any atom is 0.244 e. The summed E-state index contributed by atoms with van der Waals surface area (Å²) in [5.41, 5.74) is 0.785. The molecule has 0 saturated carbocycles. The first kappa shape index (κ1) is 16.4. The van der Waals surface area contributed by atoms with Crippen LogP contribution in [-0.2, 0) is 11.3 Å². The molecule has 23 heavy (non-hydrogen) atoms. The topological polar surface area (TPSA) is 47.6 Å². The molecule has 120 valence electrons. The number of benzene rings is 1. The van der Waals surface area contributed by atoms with Crippen LogP contribution in [-0.4, -0.2) is 19.1 Å². The molecular weight excluding hydrogens is 402 g/mol. The minimum absolute atomic E-state index is 0.166. The number of ether oxygens (including phenoxy) is 2. The summed E-state index contributed by atoms with van der Waals surface area (Å²) in [7, 11) is 0. The molecule has 3 rings (SSSR count). The number of carbonyl (C=O) groups excluding carboxylic acids is 1. The number of hydrogen-bond acceptors (Lipinski definition) is 4. The molecule has 4 nitrogen and oxygen atoms in total. The minimum atomic E-state index is -0.166. The van der Waals surface area contributed by atoms with Gasteiger partial charge in [-0.05, 0) is 45.8 Å². The van der Waals surface area contributed by atoms with Gasteiger partial charge in [0.1, 0.15) is 13.2 Å². The molecule has 1 aromatic heterocycles. The second-order valence-corrected chi connectivity index (χ2v) is 7.13. The Morgan fingerprint density at radius 2 is 2.17 bits per heavy atom. The van der Waals surface area contributed by atoms with Crippen LogP contribution in [0.25, 0.3) is 6.08 Å². The third-order valence-electron chi connectivity index (χ3n) is 3.10. The number of rotatable bonds is 4. The van der Waals surface area contributed by atoms with Crippen molar-refractivity contribution in [3.05, 3.63) is 49.6 Å². The summed E-state index contributed by atoms with van der Waals surface area (Å²) in [6.45, 7) is 1.48. The molecule has 0 aliphatic carbocycles. The number of hydrogen-bond donors (Lipinski definition) is 1. The summed E-state index contributed by atoms with van der Waals surface area (Å²) in [5.74, 6) is 0.996. The summed E-state index contributed by atoms with van der Waals surface area (Å²) in [4.78, 5) is 13.0. The molecule has 1 aliphatic rings. The molecule has 0 spiro atoms. The molecule has 0 radical (unpaired) electrons. The van der Waals surface area contributed by atoms with E-state index >= 15 is 0 Å². The molecule has 0 fully saturated rings. The van der Waals surface area contributed by atoms with Crippen molar-refractivity contribution in [3.63, 3.8) is 0 Å². The lowest BCUT2D eigenvalue weighted by molar-refractivity contribution is -0.116. The highest BCUT2D eigenvalue weighted by Gasteiger charge is 2.15. The lowest BCUT2D eigenvalue weighted by atomic mass is 10.1. The van der Waals surface area contributed by atoms with Crippen LogP contribution in [0.4, 0.5) is 0 Å². The Balaban J connectivity index is 1.63. The van der Waals surface area contributed by atoms with Crippen molar-refractivity contribution in [3.8, 4) is 11.5 Å². The zero-order chi connectivity index (χ0) is 16.2. The van der Waals surface area contributed by atoms with Crippen LogP contribution in [0.5, 0.6) is 11.5 Å². The van der Waals surface area contributed by atoms with Gasteiger partial charge in [0.2, 0.25) is 5.91 Å². The van der Waals surface area contributed by atoms with Gasteiger partial charge in [0.25, 0.3) is 0 Å².